The van der Waals surface area contributed by atoms with Crippen molar-refractivity contribution in [1.82, 2.24) is 15.2 Å². The van der Waals surface area contributed by atoms with E-state index in [0.717, 1.165) is 19.5 Å². The van der Waals surface area contributed by atoms with Crippen LogP contribution in [0, 0.1) is 0 Å². The molecule has 1 atom stereocenters. The van der Waals surface area contributed by atoms with Crippen LogP contribution in [0.3, 0.4) is 0 Å². The summed E-state index contributed by atoms with van der Waals surface area (Å²) in [6.45, 7) is 10.9. The minimum Gasteiger partial charge on any atom is -0.312 e. The van der Waals surface area contributed by atoms with Gasteiger partial charge in [-0.25, -0.2) is 4.98 Å². The summed E-state index contributed by atoms with van der Waals surface area (Å²) in [6, 6.07) is 0.576. The summed E-state index contributed by atoms with van der Waals surface area (Å²) in [5, 5.41) is 5.65. The van der Waals surface area contributed by atoms with E-state index in [9.17, 15) is 0 Å². The largest absolute Gasteiger partial charge is 0.312 e. The van der Waals surface area contributed by atoms with Crippen LogP contribution in [0.1, 0.15) is 39.8 Å². The van der Waals surface area contributed by atoms with Gasteiger partial charge >= 0.3 is 0 Å². The first-order valence-corrected chi connectivity index (χ1v) is 7.15. The summed E-state index contributed by atoms with van der Waals surface area (Å²) >= 11 is 1.66. The predicted octanol–water partition coefficient (Wildman–Crippen LogP) is 2.74. The topological polar surface area (TPSA) is 28.2 Å². The first kappa shape index (κ1) is 14.6. The van der Waals surface area contributed by atoms with Gasteiger partial charge in [0, 0.05) is 23.5 Å². The predicted molar refractivity (Wildman–Crippen MR) is 75.4 cm³/mol. The third-order valence-electron chi connectivity index (χ3n) is 2.86. The molecule has 0 aliphatic carbocycles. The van der Waals surface area contributed by atoms with Gasteiger partial charge in [-0.2, -0.15) is 0 Å². The zero-order valence-corrected chi connectivity index (χ0v) is 12.5. The normalized spacial score (nSPS) is 14.2. The van der Waals surface area contributed by atoms with Crippen molar-refractivity contribution in [3.8, 4) is 0 Å². The van der Waals surface area contributed by atoms with Gasteiger partial charge in [0.15, 0.2) is 0 Å². The highest BCUT2D eigenvalue weighted by molar-refractivity contribution is 7.07. The number of thiazole rings is 1. The molecule has 0 aromatic carbocycles. The van der Waals surface area contributed by atoms with Crippen molar-refractivity contribution in [2.45, 2.75) is 52.2 Å². The number of rotatable bonds is 6. The summed E-state index contributed by atoms with van der Waals surface area (Å²) in [5.74, 6) is 0. The van der Waals surface area contributed by atoms with Gasteiger partial charge < -0.3 is 5.32 Å². The summed E-state index contributed by atoms with van der Waals surface area (Å²) in [7, 11) is 2.17. The van der Waals surface area contributed by atoms with Gasteiger partial charge in [0.2, 0.25) is 0 Å². The first-order valence-electron chi connectivity index (χ1n) is 6.21. The van der Waals surface area contributed by atoms with Crippen molar-refractivity contribution >= 4 is 11.3 Å². The van der Waals surface area contributed by atoms with Crippen molar-refractivity contribution in [2.75, 3.05) is 13.6 Å². The van der Waals surface area contributed by atoms with Crippen LogP contribution in [0.4, 0.5) is 0 Å². The third kappa shape index (κ3) is 6.15. The van der Waals surface area contributed by atoms with Crippen LogP contribution in [-0.2, 0) is 6.54 Å². The molecule has 0 saturated carbocycles. The van der Waals surface area contributed by atoms with Crippen molar-refractivity contribution < 1.29 is 0 Å². The van der Waals surface area contributed by atoms with Crippen LogP contribution in [0.15, 0.2) is 10.9 Å². The molecule has 1 heterocycles. The molecule has 4 heteroatoms. The van der Waals surface area contributed by atoms with E-state index in [0.29, 0.717) is 6.04 Å². The van der Waals surface area contributed by atoms with Crippen molar-refractivity contribution in [3.63, 3.8) is 0 Å². The van der Waals surface area contributed by atoms with E-state index in [2.05, 4.69) is 55.3 Å². The first-order chi connectivity index (χ1) is 7.88. The highest BCUT2D eigenvalue weighted by atomic mass is 32.1. The summed E-state index contributed by atoms with van der Waals surface area (Å²) in [5.41, 5.74) is 3.29. The minimum atomic E-state index is 0.215. The van der Waals surface area contributed by atoms with Crippen LogP contribution in [0.5, 0.6) is 0 Å². The second-order valence-electron chi connectivity index (χ2n) is 5.71. The number of hydrogen-bond donors (Lipinski definition) is 1. The Labute approximate surface area is 109 Å². The fraction of sp³-hybridized carbons (Fsp3) is 0.769. The molecule has 0 aliphatic rings. The van der Waals surface area contributed by atoms with E-state index in [1.807, 2.05) is 5.51 Å². The molecule has 98 valence electrons. The molecule has 1 rings (SSSR count). The maximum absolute atomic E-state index is 4.32. The Kier molecular flexibility index (Phi) is 5.56. The maximum atomic E-state index is 4.32. The van der Waals surface area contributed by atoms with Gasteiger partial charge in [0.1, 0.15) is 0 Å². The molecule has 0 radical (unpaired) electrons. The van der Waals surface area contributed by atoms with E-state index in [-0.39, 0.29) is 5.54 Å². The Balaban J connectivity index is 2.25. The Morgan fingerprint density at radius 2 is 2.18 bits per heavy atom. The summed E-state index contributed by atoms with van der Waals surface area (Å²) in [6.07, 6.45) is 1.16. The number of nitrogens with zero attached hydrogens (tertiary/aromatic N) is 2. The molecular weight excluding hydrogens is 230 g/mol. The molecule has 0 spiro atoms. The van der Waals surface area contributed by atoms with Gasteiger partial charge in [-0.1, -0.05) is 0 Å². The standard InChI is InChI=1S/C13H25N3S/c1-11(6-7-15-13(2,3)4)16(5)8-12-9-17-10-14-12/h9-11,15H,6-8H2,1-5H3. The Hall–Kier alpha value is -0.450. The lowest BCUT2D eigenvalue weighted by molar-refractivity contribution is 0.229. The van der Waals surface area contributed by atoms with E-state index in [1.165, 1.54) is 5.69 Å². The molecule has 0 aliphatic heterocycles. The number of nitrogens with one attached hydrogen (secondary N) is 1. The van der Waals surface area contributed by atoms with Crippen LogP contribution < -0.4 is 5.32 Å². The fourth-order valence-electron chi connectivity index (χ4n) is 1.60. The van der Waals surface area contributed by atoms with E-state index >= 15 is 0 Å². The average Bonchev–Trinajstić information content (AvgIpc) is 2.68. The van der Waals surface area contributed by atoms with Crippen molar-refractivity contribution in [3.05, 3.63) is 16.6 Å². The van der Waals surface area contributed by atoms with Gasteiger partial charge in [-0.05, 0) is 47.7 Å². The highest BCUT2D eigenvalue weighted by Gasteiger charge is 2.13. The van der Waals surface area contributed by atoms with Gasteiger partial charge in [0.05, 0.1) is 11.2 Å². The third-order valence-corrected chi connectivity index (χ3v) is 3.50. The molecule has 1 aromatic heterocycles. The van der Waals surface area contributed by atoms with Gasteiger partial charge in [-0.3, -0.25) is 4.90 Å². The second-order valence-corrected chi connectivity index (χ2v) is 6.43. The lowest BCUT2D eigenvalue weighted by atomic mass is 10.1. The van der Waals surface area contributed by atoms with Crippen molar-refractivity contribution in [1.29, 1.82) is 0 Å². The number of aromatic nitrogens is 1. The minimum absolute atomic E-state index is 0.215. The zero-order chi connectivity index (χ0) is 12.9. The van der Waals surface area contributed by atoms with E-state index < -0.39 is 0 Å². The summed E-state index contributed by atoms with van der Waals surface area (Å²) in [4.78, 5) is 6.68. The Bertz CT molecular complexity index is 303. The SMILES string of the molecule is CC(CCNC(C)(C)C)N(C)Cc1cscn1. The molecule has 17 heavy (non-hydrogen) atoms. The quantitative estimate of drug-likeness (QED) is 0.847. The van der Waals surface area contributed by atoms with Gasteiger partial charge in [-0.15, -0.1) is 11.3 Å². The smallest absolute Gasteiger partial charge is 0.0795 e. The highest BCUT2D eigenvalue weighted by Crippen LogP contribution is 2.09. The molecule has 0 bridgehead atoms. The molecular formula is C13H25N3S. The van der Waals surface area contributed by atoms with Crippen molar-refractivity contribution in [2.24, 2.45) is 0 Å². The monoisotopic (exact) mass is 255 g/mol. The average molecular weight is 255 g/mol. The molecule has 1 unspecified atom stereocenters. The zero-order valence-electron chi connectivity index (χ0n) is 11.7. The molecule has 3 nitrogen and oxygen atoms in total. The second kappa shape index (κ2) is 6.47. The van der Waals surface area contributed by atoms with Crippen LogP contribution in [0.25, 0.3) is 0 Å². The molecule has 1 N–H and O–H groups in total. The van der Waals surface area contributed by atoms with Crippen LogP contribution in [0.2, 0.25) is 0 Å². The fourth-order valence-corrected chi connectivity index (χ4v) is 2.15. The van der Waals surface area contributed by atoms with Crippen LogP contribution in [-0.4, -0.2) is 35.1 Å². The van der Waals surface area contributed by atoms with Gasteiger partial charge in [0.25, 0.3) is 0 Å². The van der Waals surface area contributed by atoms with E-state index in [1.54, 1.807) is 11.3 Å². The Morgan fingerprint density at radius 1 is 1.47 bits per heavy atom. The summed E-state index contributed by atoms with van der Waals surface area (Å²) < 4.78 is 0. The molecule has 1 aromatic rings. The maximum Gasteiger partial charge on any atom is 0.0795 e. The number of hydrogen-bond acceptors (Lipinski definition) is 4. The lowest BCUT2D eigenvalue weighted by Crippen LogP contribution is -2.39. The molecule has 0 fully saturated rings. The molecule has 0 amide bonds. The van der Waals surface area contributed by atoms with E-state index in [4.69, 9.17) is 0 Å². The van der Waals surface area contributed by atoms with Crippen LogP contribution >= 0.6 is 11.3 Å². The lowest BCUT2D eigenvalue weighted by Gasteiger charge is -2.26. The Morgan fingerprint density at radius 3 is 2.71 bits per heavy atom. The molecule has 0 saturated heterocycles.